The fourth-order valence-electron chi connectivity index (χ4n) is 3.62. The van der Waals surface area contributed by atoms with Crippen molar-refractivity contribution >= 4 is 15.6 Å². The van der Waals surface area contributed by atoms with Crippen LogP contribution in [-0.2, 0) is 11.1 Å². The second kappa shape index (κ2) is 7.13. The van der Waals surface area contributed by atoms with Gasteiger partial charge in [-0.1, -0.05) is 0 Å². The number of hydrogen-bond donors (Lipinski definition) is 0. The average molecular weight is 343 g/mol. The number of imidazole rings is 1. The Morgan fingerprint density at radius 3 is 1.15 bits per heavy atom. The molecule has 3 heteroatoms. The van der Waals surface area contributed by atoms with Crippen molar-refractivity contribution < 1.29 is 0 Å². The van der Waals surface area contributed by atoms with Crippen molar-refractivity contribution in [1.29, 1.82) is 0 Å². The zero-order valence-electron chi connectivity index (χ0n) is 14.2. The van der Waals surface area contributed by atoms with Crippen LogP contribution in [0.3, 0.4) is 0 Å². The van der Waals surface area contributed by atoms with Crippen LogP contribution in [0.1, 0.15) is 80.1 Å². The summed E-state index contributed by atoms with van der Waals surface area (Å²) in [7, 11) is 0. The van der Waals surface area contributed by atoms with Gasteiger partial charge in [-0.2, -0.15) is 0 Å². The van der Waals surface area contributed by atoms with Gasteiger partial charge in [0.2, 0.25) is 0 Å². The Morgan fingerprint density at radius 2 is 0.950 bits per heavy atom. The van der Waals surface area contributed by atoms with Gasteiger partial charge in [-0.25, -0.2) is 0 Å². The fraction of sp³-hybridized carbons (Fsp3) is 0.824. The predicted molar refractivity (Wildman–Crippen MR) is 89.1 cm³/mol. The third kappa shape index (κ3) is 2.72. The van der Waals surface area contributed by atoms with E-state index in [1.807, 2.05) is 0 Å². The van der Waals surface area contributed by atoms with E-state index < -0.39 is 0 Å². The molecule has 0 atom stereocenters. The predicted octanol–water partition coefficient (Wildman–Crippen LogP) is 4.84. The van der Waals surface area contributed by atoms with Crippen molar-refractivity contribution in [2.24, 2.45) is 0 Å². The molecule has 0 saturated carbocycles. The Labute approximate surface area is 132 Å². The van der Waals surface area contributed by atoms with Gasteiger partial charge in [0, 0.05) is 0 Å². The summed E-state index contributed by atoms with van der Waals surface area (Å²) in [6.07, 6.45) is 11.7. The van der Waals surface area contributed by atoms with Crippen LogP contribution in [0.5, 0.6) is 0 Å². The Morgan fingerprint density at radius 1 is 0.700 bits per heavy atom. The zero-order valence-corrected chi connectivity index (χ0v) is 15.9. The molecule has 0 aliphatic heterocycles. The van der Waals surface area contributed by atoms with Crippen molar-refractivity contribution in [2.75, 3.05) is 0 Å². The van der Waals surface area contributed by atoms with E-state index in [0.717, 1.165) is 0 Å². The summed E-state index contributed by atoms with van der Waals surface area (Å²) in [6, 6.07) is 0. The van der Waals surface area contributed by atoms with Crippen LogP contribution in [0.15, 0.2) is 12.4 Å². The molecule has 0 aromatic carbocycles. The molecule has 1 aromatic rings. The molecule has 0 fully saturated rings. The molecular formula is C17H32N2Se. The Hall–Kier alpha value is -0.271. The number of aromatic nitrogens is 2. The molecule has 0 saturated heterocycles. The van der Waals surface area contributed by atoms with Crippen LogP contribution >= 0.6 is 0 Å². The van der Waals surface area contributed by atoms with Gasteiger partial charge < -0.3 is 0 Å². The fourth-order valence-corrected chi connectivity index (χ4v) is 4.69. The molecule has 0 bridgehead atoms. The number of nitrogens with zero attached hydrogens (tertiary/aromatic N) is 2. The third-order valence-electron chi connectivity index (χ3n) is 5.75. The average Bonchev–Trinajstić information content (AvgIpc) is 2.88. The Balaban J connectivity index is 3.42. The van der Waals surface area contributed by atoms with E-state index >= 15 is 0 Å². The second-order valence-electron chi connectivity index (χ2n) is 5.89. The quantitative estimate of drug-likeness (QED) is 0.598. The first-order valence-corrected chi connectivity index (χ1v) is 9.17. The minimum absolute atomic E-state index is 0.257. The van der Waals surface area contributed by atoms with E-state index in [0.29, 0.717) is 0 Å². The first-order chi connectivity index (χ1) is 9.50. The molecule has 1 aromatic heterocycles. The van der Waals surface area contributed by atoms with Gasteiger partial charge in [-0.3, -0.25) is 0 Å². The van der Waals surface area contributed by atoms with Gasteiger partial charge in [0.05, 0.1) is 0 Å². The van der Waals surface area contributed by atoms with Gasteiger partial charge >= 0.3 is 133 Å². The molecule has 0 unspecified atom stereocenters. The normalized spacial score (nSPS) is 12.9. The summed E-state index contributed by atoms with van der Waals surface area (Å²) in [4.78, 5) is 0. The Kier molecular flexibility index (Phi) is 6.34. The van der Waals surface area contributed by atoms with Crippen LogP contribution in [0.4, 0.5) is 0 Å². The standard InChI is InChI=1S/C17H32N2Se/c1-7-16(8-2,9-3)18-13-14-19(15(18)20)17(10-4,11-5)12-6/h13-14H,7-12H2,1-6H3. The summed E-state index contributed by atoms with van der Waals surface area (Å²) in [6.45, 7) is 13.9. The van der Waals surface area contributed by atoms with E-state index in [9.17, 15) is 0 Å². The summed E-state index contributed by atoms with van der Waals surface area (Å²) in [5.74, 6) is 0. The van der Waals surface area contributed by atoms with E-state index in [1.165, 1.54) is 42.8 Å². The molecule has 1 heterocycles. The molecule has 0 radical (unpaired) electrons. The van der Waals surface area contributed by atoms with Crippen LogP contribution in [0, 0.1) is 4.32 Å². The molecule has 0 amide bonds. The maximum absolute atomic E-state index is 3.36. The summed E-state index contributed by atoms with van der Waals surface area (Å²) < 4.78 is 6.27. The Bertz CT molecular complexity index is 405. The molecule has 0 aliphatic rings. The van der Waals surface area contributed by atoms with Crippen LogP contribution in [-0.4, -0.2) is 24.7 Å². The van der Waals surface area contributed by atoms with E-state index in [-0.39, 0.29) is 11.1 Å². The van der Waals surface area contributed by atoms with Crippen molar-refractivity contribution in [3.8, 4) is 0 Å². The number of rotatable bonds is 8. The zero-order chi connectivity index (χ0) is 15.4. The first kappa shape index (κ1) is 17.8. The van der Waals surface area contributed by atoms with E-state index in [2.05, 4.69) is 78.6 Å². The molecule has 0 N–H and O–H groups in total. The van der Waals surface area contributed by atoms with Gasteiger partial charge in [0.15, 0.2) is 0 Å². The topological polar surface area (TPSA) is 9.86 Å². The van der Waals surface area contributed by atoms with Crippen LogP contribution in [0.25, 0.3) is 0 Å². The SMILES string of the molecule is CCC(CC)(CC)n1ccn(C(CC)(CC)CC)c1=[Se]. The third-order valence-corrected chi connectivity index (χ3v) is 6.57. The molecule has 20 heavy (non-hydrogen) atoms. The number of hydrogen-bond acceptors (Lipinski definition) is 0. The molecule has 1 rings (SSSR count). The summed E-state index contributed by atoms with van der Waals surface area (Å²) >= 11 is 3.36. The van der Waals surface area contributed by atoms with E-state index in [1.54, 1.807) is 0 Å². The van der Waals surface area contributed by atoms with Crippen molar-refractivity contribution in [1.82, 2.24) is 9.13 Å². The molecule has 2 nitrogen and oxygen atoms in total. The van der Waals surface area contributed by atoms with Gasteiger partial charge in [0.25, 0.3) is 0 Å². The van der Waals surface area contributed by atoms with Crippen molar-refractivity contribution in [3.05, 3.63) is 16.7 Å². The van der Waals surface area contributed by atoms with Crippen LogP contribution < -0.4 is 0 Å². The van der Waals surface area contributed by atoms with Gasteiger partial charge in [-0.05, 0) is 0 Å². The van der Waals surface area contributed by atoms with Crippen molar-refractivity contribution in [3.63, 3.8) is 0 Å². The summed E-state index contributed by atoms with van der Waals surface area (Å²) in [5, 5.41) is 0. The summed E-state index contributed by atoms with van der Waals surface area (Å²) in [5.41, 5.74) is 0.513. The molecule has 0 spiro atoms. The minimum atomic E-state index is 0.257. The monoisotopic (exact) mass is 344 g/mol. The maximum atomic E-state index is 3.36. The first-order valence-electron chi connectivity index (χ1n) is 8.31. The van der Waals surface area contributed by atoms with Gasteiger partial charge in [0.1, 0.15) is 0 Å². The van der Waals surface area contributed by atoms with Crippen LogP contribution in [0.2, 0.25) is 0 Å². The molecule has 116 valence electrons. The van der Waals surface area contributed by atoms with Gasteiger partial charge in [-0.15, -0.1) is 0 Å². The molecule has 0 aliphatic carbocycles. The molecular weight excluding hydrogens is 311 g/mol. The van der Waals surface area contributed by atoms with Crippen molar-refractivity contribution in [2.45, 2.75) is 91.1 Å². The second-order valence-corrected chi connectivity index (χ2v) is 6.66. The van der Waals surface area contributed by atoms with E-state index in [4.69, 9.17) is 0 Å².